The maximum Gasteiger partial charge on any atom is 0.193 e. The number of nitrogens with zero attached hydrogens (tertiary/aromatic N) is 4. The van der Waals surface area contributed by atoms with Gasteiger partial charge in [0.25, 0.3) is 0 Å². The molecule has 6 heteroatoms. The number of rotatable bonds is 5. The van der Waals surface area contributed by atoms with Crippen molar-refractivity contribution in [2.75, 3.05) is 45.7 Å². The Hall–Kier alpha value is -2.34. The monoisotopic (exact) mass is 369 g/mol. The van der Waals surface area contributed by atoms with E-state index in [0.29, 0.717) is 6.10 Å². The number of aliphatic imine (C=N–C) groups is 1. The molecular formula is C21H31N5O. The van der Waals surface area contributed by atoms with Gasteiger partial charge in [0.2, 0.25) is 0 Å². The molecule has 6 nitrogen and oxygen atoms in total. The Bertz CT molecular complexity index is 781. The molecule has 1 aromatic heterocycles. The van der Waals surface area contributed by atoms with Crippen LogP contribution in [0.2, 0.25) is 0 Å². The molecule has 0 radical (unpaired) electrons. The fourth-order valence-electron chi connectivity index (χ4n) is 3.58. The highest BCUT2D eigenvalue weighted by atomic mass is 16.5. The molecule has 1 saturated heterocycles. The number of fused-ring (bicyclic) bond motifs is 1. The molecule has 2 aromatic rings. The van der Waals surface area contributed by atoms with E-state index in [9.17, 15) is 0 Å². The highest BCUT2D eigenvalue weighted by Crippen LogP contribution is 2.22. The number of aromatic nitrogens is 1. The van der Waals surface area contributed by atoms with Crippen LogP contribution in [0, 0.1) is 0 Å². The molecule has 0 saturated carbocycles. The van der Waals surface area contributed by atoms with E-state index in [1.165, 1.54) is 10.9 Å². The molecule has 0 amide bonds. The summed E-state index contributed by atoms with van der Waals surface area (Å²) in [5, 5.41) is 4.73. The lowest BCUT2D eigenvalue weighted by Gasteiger charge is -2.34. The molecule has 1 aliphatic heterocycles. The topological polar surface area (TPSA) is 53.0 Å². The summed E-state index contributed by atoms with van der Waals surface area (Å²) in [6, 6.07) is 10.5. The van der Waals surface area contributed by atoms with E-state index < -0.39 is 0 Å². The van der Waals surface area contributed by atoms with Crippen LogP contribution in [-0.4, -0.2) is 62.8 Å². The van der Waals surface area contributed by atoms with Gasteiger partial charge in [0.05, 0.1) is 11.6 Å². The van der Waals surface area contributed by atoms with Crippen molar-refractivity contribution in [2.45, 2.75) is 32.4 Å². The van der Waals surface area contributed by atoms with Crippen LogP contribution in [0.5, 0.6) is 0 Å². The molecule has 0 aliphatic carbocycles. The van der Waals surface area contributed by atoms with Gasteiger partial charge in [-0.15, -0.1) is 0 Å². The minimum atomic E-state index is 0.385. The van der Waals surface area contributed by atoms with Crippen LogP contribution >= 0.6 is 0 Å². The molecule has 1 N–H and O–H groups in total. The Morgan fingerprint density at radius 1 is 1.30 bits per heavy atom. The van der Waals surface area contributed by atoms with Gasteiger partial charge >= 0.3 is 0 Å². The maximum atomic E-state index is 5.76. The Labute approximate surface area is 162 Å². The minimum absolute atomic E-state index is 0.385. The first-order chi connectivity index (χ1) is 13.1. The predicted molar refractivity (Wildman–Crippen MR) is 112 cm³/mol. The largest absolute Gasteiger partial charge is 0.378 e. The summed E-state index contributed by atoms with van der Waals surface area (Å²) in [7, 11) is 5.90. The van der Waals surface area contributed by atoms with E-state index in [1.54, 1.807) is 0 Å². The Morgan fingerprint density at radius 2 is 2.04 bits per heavy atom. The number of ether oxygens (including phenoxy) is 1. The third-order valence-electron chi connectivity index (χ3n) is 5.04. The van der Waals surface area contributed by atoms with Gasteiger partial charge in [-0.25, -0.2) is 4.98 Å². The number of benzene rings is 1. The number of anilines is 1. The van der Waals surface area contributed by atoms with E-state index in [1.807, 2.05) is 32.1 Å². The van der Waals surface area contributed by atoms with Gasteiger partial charge in [-0.2, -0.15) is 0 Å². The number of hydrogen-bond acceptors (Lipinski definition) is 4. The number of nitrogens with one attached hydrogen (secondary N) is 1. The number of hydrogen-bond donors (Lipinski definition) is 1. The third kappa shape index (κ3) is 4.69. The predicted octanol–water partition coefficient (Wildman–Crippen LogP) is 2.88. The number of para-hydroxylation sites is 1. The normalized spacial score (nSPS) is 16.0. The summed E-state index contributed by atoms with van der Waals surface area (Å²) in [6.07, 6.45) is 2.49. The van der Waals surface area contributed by atoms with Gasteiger partial charge < -0.3 is 19.9 Å². The Morgan fingerprint density at radius 3 is 2.70 bits per heavy atom. The van der Waals surface area contributed by atoms with Gasteiger partial charge in [-0.3, -0.25) is 4.99 Å². The summed E-state index contributed by atoms with van der Waals surface area (Å²) in [6.45, 7) is 5.53. The van der Waals surface area contributed by atoms with Crippen molar-refractivity contribution in [2.24, 2.45) is 4.99 Å². The molecule has 3 rings (SSSR count). The van der Waals surface area contributed by atoms with Crippen molar-refractivity contribution in [3.8, 4) is 0 Å². The maximum absolute atomic E-state index is 5.76. The van der Waals surface area contributed by atoms with Gasteiger partial charge in [0.1, 0.15) is 5.82 Å². The summed E-state index contributed by atoms with van der Waals surface area (Å²) in [5.74, 6) is 1.93. The summed E-state index contributed by atoms with van der Waals surface area (Å²) >= 11 is 0. The van der Waals surface area contributed by atoms with Gasteiger partial charge in [0, 0.05) is 52.8 Å². The van der Waals surface area contributed by atoms with E-state index in [4.69, 9.17) is 9.72 Å². The lowest BCUT2D eigenvalue weighted by Crippen LogP contribution is -2.46. The molecule has 0 bridgehead atoms. The number of guanidine groups is 1. The summed E-state index contributed by atoms with van der Waals surface area (Å²) < 4.78 is 5.76. The van der Waals surface area contributed by atoms with E-state index in [-0.39, 0.29) is 0 Å². The van der Waals surface area contributed by atoms with Gasteiger partial charge in [0.15, 0.2) is 5.96 Å². The number of likely N-dealkylation sites (tertiary alicyclic amines) is 1. The second-order valence-corrected chi connectivity index (χ2v) is 7.09. The summed E-state index contributed by atoms with van der Waals surface area (Å²) in [4.78, 5) is 13.6. The number of pyridine rings is 1. The van der Waals surface area contributed by atoms with Crippen LogP contribution in [0.3, 0.4) is 0 Å². The molecule has 1 aliphatic rings. The average Bonchev–Trinajstić information content (AvgIpc) is 2.69. The second-order valence-electron chi connectivity index (χ2n) is 7.09. The molecule has 1 fully saturated rings. The minimum Gasteiger partial charge on any atom is -0.378 e. The quantitative estimate of drug-likeness (QED) is 0.649. The van der Waals surface area contributed by atoms with Crippen LogP contribution in [0.15, 0.2) is 35.3 Å². The van der Waals surface area contributed by atoms with Crippen molar-refractivity contribution in [3.05, 3.63) is 35.9 Å². The molecular weight excluding hydrogens is 338 g/mol. The average molecular weight is 370 g/mol. The smallest absolute Gasteiger partial charge is 0.193 e. The molecule has 0 unspecified atom stereocenters. The number of piperidine rings is 1. The fraction of sp³-hybridized carbons (Fsp3) is 0.524. The first-order valence-corrected chi connectivity index (χ1v) is 9.75. The van der Waals surface area contributed by atoms with Crippen LogP contribution in [0.1, 0.15) is 25.3 Å². The highest BCUT2D eigenvalue weighted by molar-refractivity contribution is 5.85. The molecule has 1 aromatic carbocycles. The van der Waals surface area contributed by atoms with E-state index in [0.717, 1.165) is 56.4 Å². The molecule has 0 spiro atoms. The van der Waals surface area contributed by atoms with Crippen LogP contribution in [0.4, 0.5) is 5.82 Å². The van der Waals surface area contributed by atoms with Gasteiger partial charge in [-0.05, 0) is 37.5 Å². The van der Waals surface area contributed by atoms with Crippen molar-refractivity contribution in [1.29, 1.82) is 0 Å². The fourth-order valence-corrected chi connectivity index (χ4v) is 3.58. The zero-order valence-corrected chi connectivity index (χ0v) is 16.9. The zero-order chi connectivity index (χ0) is 19.2. The van der Waals surface area contributed by atoms with Crippen molar-refractivity contribution < 1.29 is 4.74 Å². The molecule has 2 heterocycles. The first kappa shape index (κ1) is 19.4. The second kappa shape index (κ2) is 9.04. The molecule has 0 atom stereocenters. The third-order valence-corrected chi connectivity index (χ3v) is 5.04. The van der Waals surface area contributed by atoms with Crippen LogP contribution in [0.25, 0.3) is 10.9 Å². The summed E-state index contributed by atoms with van der Waals surface area (Å²) in [5.41, 5.74) is 2.25. The standard InChI is InChI=1S/C21H31N5O/c1-5-27-17-10-12-26(13-11-17)21(22-2)23-15-16-14-20(25(3)4)24-19-9-7-6-8-18(16)19/h6-9,14,17H,5,10-13,15H2,1-4H3,(H,22,23). The van der Waals surface area contributed by atoms with Crippen molar-refractivity contribution >= 4 is 22.7 Å². The highest BCUT2D eigenvalue weighted by Gasteiger charge is 2.21. The Balaban J connectivity index is 1.72. The van der Waals surface area contributed by atoms with Crippen LogP contribution in [-0.2, 0) is 11.3 Å². The van der Waals surface area contributed by atoms with E-state index >= 15 is 0 Å². The molecule has 146 valence electrons. The first-order valence-electron chi connectivity index (χ1n) is 9.75. The van der Waals surface area contributed by atoms with Crippen LogP contribution < -0.4 is 10.2 Å². The Kier molecular flexibility index (Phi) is 6.50. The zero-order valence-electron chi connectivity index (χ0n) is 16.9. The van der Waals surface area contributed by atoms with Crippen molar-refractivity contribution in [3.63, 3.8) is 0 Å². The SMILES string of the molecule is CCOC1CCN(C(=NC)NCc2cc(N(C)C)nc3ccccc23)CC1. The van der Waals surface area contributed by atoms with E-state index in [2.05, 4.69) is 46.4 Å². The van der Waals surface area contributed by atoms with Crippen molar-refractivity contribution in [1.82, 2.24) is 15.2 Å². The lowest BCUT2D eigenvalue weighted by atomic mass is 10.1. The lowest BCUT2D eigenvalue weighted by molar-refractivity contribution is 0.0263. The van der Waals surface area contributed by atoms with Gasteiger partial charge in [-0.1, -0.05) is 18.2 Å². The molecule has 27 heavy (non-hydrogen) atoms.